The van der Waals surface area contributed by atoms with Crippen molar-refractivity contribution in [3.63, 3.8) is 0 Å². The molecule has 0 spiro atoms. The highest BCUT2D eigenvalue weighted by Crippen LogP contribution is 2.31. The Kier molecular flexibility index (Phi) is 4.62. The first-order valence-electron chi connectivity index (χ1n) is 7.60. The lowest BCUT2D eigenvalue weighted by Crippen LogP contribution is -2.48. The van der Waals surface area contributed by atoms with Crippen molar-refractivity contribution in [2.45, 2.75) is 31.4 Å². The predicted molar refractivity (Wildman–Crippen MR) is 82.1 cm³/mol. The van der Waals surface area contributed by atoms with Crippen LogP contribution in [0.1, 0.15) is 28.8 Å². The van der Waals surface area contributed by atoms with E-state index in [1.54, 1.807) is 12.4 Å². The maximum atomic E-state index is 13.2. The van der Waals surface area contributed by atoms with Crippen LogP contribution in [-0.2, 0) is 6.42 Å². The van der Waals surface area contributed by atoms with E-state index in [4.69, 9.17) is 0 Å². The molecule has 5 nitrogen and oxygen atoms in total. The van der Waals surface area contributed by atoms with Gasteiger partial charge >= 0.3 is 0 Å². The third kappa shape index (κ3) is 3.90. The number of amides is 1. The highest BCUT2D eigenvalue weighted by molar-refractivity contribution is 5.94. The van der Waals surface area contributed by atoms with E-state index in [2.05, 4.69) is 15.3 Å². The van der Waals surface area contributed by atoms with Gasteiger partial charge in [-0.25, -0.2) is 4.39 Å². The summed E-state index contributed by atoms with van der Waals surface area (Å²) in [6.07, 6.45) is 7.50. The van der Waals surface area contributed by atoms with Gasteiger partial charge in [0.15, 0.2) is 0 Å². The summed E-state index contributed by atoms with van der Waals surface area (Å²) in [5.41, 5.74) is 1.26. The molecule has 1 amide bonds. The molecule has 2 N–H and O–H groups in total. The van der Waals surface area contributed by atoms with Gasteiger partial charge in [0.25, 0.3) is 5.91 Å². The topological polar surface area (TPSA) is 75.1 Å². The zero-order chi connectivity index (χ0) is 16.2. The predicted octanol–water partition coefficient (Wildman–Crippen LogP) is 1.73. The number of aliphatic hydroxyl groups excluding tert-OH is 1. The van der Waals surface area contributed by atoms with E-state index in [9.17, 15) is 14.3 Å². The molecule has 2 aromatic heterocycles. The Hall–Kier alpha value is -2.34. The number of carbonyl (C=O) groups excluding carboxylic acids is 1. The number of carbonyl (C=O) groups is 1. The van der Waals surface area contributed by atoms with Crippen LogP contribution in [0.2, 0.25) is 0 Å². The standard InChI is InChI=1S/C17H18FN3O2/c18-14-6-13(9-20-10-14)17(23)21-16(12-7-15(22)8-12)5-11-1-3-19-4-2-11/h1-4,6,9-10,12,15-16,22H,5,7-8H2,(H,21,23)/t12?,15?,16-/m0/s1. The summed E-state index contributed by atoms with van der Waals surface area (Å²) < 4.78 is 13.2. The van der Waals surface area contributed by atoms with Crippen LogP contribution in [-0.4, -0.2) is 33.1 Å². The lowest BCUT2D eigenvalue weighted by molar-refractivity contribution is 0.0239. The van der Waals surface area contributed by atoms with Crippen LogP contribution in [0.5, 0.6) is 0 Å². The van der Waals surface area contributed by atoms with E-state index >= 15 is 0 Å². The molecule has 0 radical (unpaired) electrons. The fraction of sp³-hybridized carbons (Fsp3) is 0.353. The van der Waals surface area contributed by atoms with Crippen LogP contribution < -0.4 is 5.32 Å². The van der Waals surface area contributed by atoms with E-state index in [1.165, 1.54) is 12.3 Å². The minimum atomic E-state index is -0.539. The molecular weight excluding hydrogens is 297 g/mol. The molecule has 0 unspecified atom stereocenters. The number of aliphatic hydroxyl groups is 1. The van der Waals surface area contributed by atoms with Crippen molar-refractivity contribution in [1.82, 2.24) is 15.3 Å². The van der Waals surface area contributed by atoms with E-state index in [-0.39, 0.29) is 29.5 Å². The molecule has 2 aromatic rings. The van der Waals surface area contributed by atoms with Crippen molar-refractivity contribution in [3.8, 4) is 0 Å². The molecule has 0 saturated heterocycles. The quantitative estimate of drug-likeness (QED) is 0.881. The molecule has 1 atom stereocenters. The first-order chi connectivity index (χ1) is 11.1. The lowest BCUT2D eigenvalue weighted by atomic mass is 9.75. The van der Waals surface area contributed by atoms with E-state index in [0.717, 1.165) is 11.8 Å². The number of pyridine rings is 2. The molecule has 3 rings (SSSR count). The zero-order valence-electron chi connectivity index (χ0n) is 12.5. The van der Waals surface area contributed by atoms with Gasteiger partial charge in [-0.3, -0.25) is 14.8 Å². The summed E-state index contributed by atoms with van der Waals surface area (Å²) in [5.74, 6) is -0.677. The average Bonchev–Trinajstić information content (AvgIpc) is 2.52. The first kappa shape index (κ1) is 15.6. The van der Waals surface area contributed by atoms with Gasteiger partial charge < -0.3 is 10.4 Å². The van der Waals surface area contributed by atoms with Crippen molar-refractivity contribution in [1.29, 1.82) is 0 Å². The molecule has 1 saturated carbocycles. The smallest absolute Gasteiger partial charge is 0.253 e. The molecule has 0 aromatic carbocycles. The third-order valence-electron chi connectivity index (χ3n) is 4.21. The van der Waals surface area contributed by atoms with Gasteiger partial charge in [0.05, 0.1) is 17.9 Å². The highest BCUT2D eigenvalue weighted by atomic mass is 19.1. The van der Waals surface area contributed by atoms with Gasteiger partial charge in [-0.05, 0) is 48.9 Å². The Morgan fingerprint density at radius 1 is 1.30 bits per heavy atom. The summed E-state index contributed by atoms with van der Waals surface area (Å²) >= 11 is 0. The number of aromatic nitrogens is 2. The number of nitrogens with one attached hydrogen (secondary N) is 1. The van der Waals surface area contributed by atoms with Crippen molar-refractivity contribution in [2.75, 3.05) is 0 Å². The number of nitrogens with zero attached hydrogens (tertiary/aromatic N) is 2. The Morgan fingerprint density at radius 3 is 2.70 bits per heavy atom. The van der Waals surface area contributed by atoms with E-state index in [1.807, 2.05) is 12.1 Å². The molecule has 120 valence electrons. The van der Waals surface area contributed by atoms with Crippen molar-refractivity contribution in [3.05, 3.63) is 59.9 Å². The SMILES string of the molecule is O=C(N[C@@H](Cc1ccncc1)C1CC(O)C1)c1cncc(F)c1. The van der Waals surface area contributed by atoms with E-state index in [0.29, 0.717) is 19.3 Å². The van der Waals surface area contributed by atoms with Gasteiger partial charge in [-0.2, -0.15) is 0 Å². The molecule has 1 aliphatic carbocycles. The van der Waals surface area contributed by atoms with Gasteiger partial charge in [-0.15, -0.1) is 0 Å². The third-order valence-corrected chi connectivity index (χ3v) is 4.21. The van der Waals surface area contributed by atoms with Crippen LogP contribution in [0.25, 0.3) is 0 Å². The van der Waals surface area contributed by atoms with Gasteiger partial charge in [0, 0.05) is 24.6 Å². The highest BCUT2D eigenvalue weighted by Gasteiger charge is 2.34. The van der Waals surface area contributed by atoms with Gasteiger partial charge in [0.2, 0.25) is 0 Å². The maximum absolute atomic E-state index is 13.2. The molecular formula is C17H18FN3O2. The summed E-state index contributed by atoms with van der Waals surface area (Å²) in [6, 6.07) is 4.86. The fourth-order valence-electron chi connectivity index (χ4n) is 2.85. The van der Waals surface area contributed by atoms with Crippen LogP contribution in [0.15, 0.2) is 43.0 Å². The Labute approximate surface area is 133 Å². The second-order valence-corrected chi connectivity index (χ2v) is 5.92. The van der Waals surface area contributed by atoms with Crippen LogP contribution in [0, 0.1) is 11.7 Å². The Morgan fingerprint density at radius 2 is 2.04 bits per heavy atom. The second-order valence-electron chi connectivity index (χ2n) is 5.92. The number of hydrogen-bond acceptors (Lipinski definition) is 4. The number of halogens is 1. The van der Waals surface area contributed by atoms with Crippen LogP contribution >= 0.6 is 0 Å². The Balaban J connectivity index is 1.72. The molecule has 0 bridgehead atoms. The monoisotopic (exact) mass is 315 g/mol. The van der Waals surface area contributed by atoms with Gasteiger partial charge in [0.1, 0.15) is 5.82 Å². The maximum Gasteiger partial charge on any atom is 0.253 e. The summed E-state index contributed by atoms with van der Waals surface area (Å²) in [5, 5.41) is 12.5. The minimum Gasteiger partial charge on any atom is -0.393 e. The second kappa shape index (κ2) is 6.83. The van der Waals surface area contributed by atoms with Gasteiger partial charge in [-0.1, -0.05) is 0 Å². The summed E-state index contributed by atoms with van der Waals surface area (Å²) in [6.45, 7) is 0. The molecule has 0 aliphatic heterocycles. The van der Waals surface area contributed by atoms with Crippen molar-refractivity contribution in [2.24, 2.45) is 5.92 Å². The molecule has 1 fully saturated rings. The van der Waals surface area contributed by atoms with Crippen molar-refractivity contribution < 1.29 is 14.3 Å². The number of hydrogen-bond donors (Lipinski definition) is 2. The number of rotatable bonds is 5. The average molecular weight is 315 g/mol. The summed E-state index contributed by atoms with van der Waals surface area (Å²) in [4.78, 5) is 20.0. The first-order valence-corrected chi connectivity index (χ1v) is 7.60. The van der Waals surface area contributed by atoms with Crippen LogP contribution in [0.3, 0.4) is 0 Å². The molecule has 1 aliphatic rings. The molecule has 6 heteroatoms. The Bertz CT molecular complexity index is 675. The van der Waals surface area contributed by atoms with E-state index < -0.39 is 5.82 Å². The molecule has 2 heterocycles. The van der Waals surface area contributed by atoms with Crippen molar-refractivity contribution >= 4 is 5.91 Å². The largest absolute Gasteiger partial charge is 0.393 e. The van der Waals surface area contributed by atoms with Crippen LogP contribution in [0.4, 0.5) is 4.39 Å². The fourth-order valence-corrected chi connectivity index (χ4v) is 2.85. The zero-order valence-corrected chi connectivity index (χ0v) is 12.5. The lowest BCUT2D eigenvalue weighted by Gasteiger charge is -2.38. The summed E-state index contributed by atoms with van der Waals surface area (Å²) in [7, 11) is 0. The minimum absolute atomic E-state index is 0.114. The normalized spacial score (nSPS) is 21.3. The molecule has 23 heavy (non-hydrogen) atoms.